The van der Waals surface area contributed by atoms with Crippen molar-refractivity contribution in [2.45, 2.75) is 51.1 Å². The maximum absolute atomic E-state index is 5.10. The Kier molecular flexibility index (Phi) is 4.26. The number of anilines is 1. The van der Waals surface area contributed by atoms with E-state index in [9.17, 15) is 0 Å². The van der Waals surface area contributed by atoms with Crippen LogP contribution in [0.25, 0.3) is 28.5 Å². The molecule has 156 valence electrons. The molecular weight excluding hydrogens is 390 g/mol. The van der Waals surface area contributed by atoms with E-state index in [1.54, 1.807) is 18.7 Å². The minimum atomic E-state index is 0.153. The summed E-state index contributed by atoms with van der Waals surface area (Å²) >= 11 is 0. The number of nitrogens with one attached hydrogen (secondary N) is 1. The van der Waals surface area contributed by atoms with Gasteiger partial charge in [-0.1, -0.05) is 25.8 Å². The van der Waals surface area contributed by atoms with E-state index in [0.717, 1.165) is 40.7 Å². The largest absolute Gasteiger partial charge is 0.342 e. The highest BCUT2D eigenvalue weighted by Crippen LogP contribution is 2.43. The summed E-state index contributed by atoms with van der Waals surface area (Å²) in [4.78, 5) is 16.7. The molecule has 6 rings (SSSR count). The van der Waals surface area contributed by atoms with Crippen molar-refractivity contribution in [2.75, 3.05) is 4.90 Å². The molecule has 0 amide bonds. The molecule has 0 bridgehead atoms. The molecule has 1 atom stereocenters. The fourth-order valence-electron chi connectivity index (χ4n) is 4.94. The van der Waals surface area contributed by atoms with Crippen molar-refractivity contribution < 1.29 is 0 Å². The number of nitrogens with zero attached hydrogens (tertiary/aromatic N) is 8. The number of pyridine rings is 1. The van der Waals surface area contributed by atoms with Crippen molar-refractivity contribution in [3.05, 3.63) is 48.9 Å². The zero-order chi connectivity index (χ0) is 20.8. The van der Waals surface area contributed by atoms with Crippen LogP contribution in [0.3, 0.4) is 0 Å². The molecule has 1 saturated carbocycles. The van der Waals surface area contributed by atoms with Gasteiger partial charge in [-0.25, -0.2) is 9.97 Å². The van der Waals surface area contributed by atoms with Gasteiger partial charge in [-0.05, 0) is 31.4 Å². The smallest absolute Gasteiger partial charge is 0.165 e. The van der Waals surface area contributed by atoms with Crippen LogP contribution >= 0.6 is 0 Å². The van der Waals surface area contributed by atoms with Gasteiger partial charge in [0.2, 0.25) is 0 Å². The van der Waals surface area contributed by atoms with Crippen LogP contribution in [0.1, 0.15) is 50.9 Å². The summed E-state index contributed by atoms with van der Waals surface area (Å²) in [5.41, 5.74) is 3.41. The minimum absolute atomic E-state index is 0.153. The normalized spacial score (nSPS) is 18.2. The molecule has 9 heteroatoms. The van der Waals surface area contributed by atoms with Gasteiger partial charge in [0.25, 0.3) is 0 Å². The Morgan fingerprint density at radius 3 is 2.84 bits per heavy atom. The first-order chi connectivity index (χ1) is 15.3. The number of hydrogen-bond acceptors (Lipinski definition) is 7. The Labute approximate surface area is 179 Å². The Bertz CT molecular complexity index is 1210. The second-order valence-electron chi connectivity index (χ2n) is 8.10. The van der Waals surface area contributed by atoms with Crippen molar-refractivity contribution in [3.63, 3.8) is 0 Å². The van der Waals surface area contributed by atoms with Gasteiger partial charge in [-0.3, -0.25) is 14.6 Å². The van der Waals surface area contributed by atoms with Gasteiger partial charge >= 0.3 is 0 Å². The summed E-state index contributed by atoms with van der Waals surface area (Å²) in [6.07, 6.45) is 13.0. The van der Waals surface area contributed by atoms with E-state index in [1.165, 1.54) is 25.7 Å². The van der Waals surface area contributed by atoms with Crippen LogP contribution in [0.2, 0.25) is 0 Å². The fourth-order valence-corrected chi connectivity index (χ4v) is 4.94. The molecule has 2 aliphatic rings. The van der Waals surface area contributed by atoms with E-state index in [1.807, 2.05) is 29.0 Å². The van der Waals surface area contributed by atoms with Gasteiger partial charge in [-0.2, -0.15) is 5.10 Å². The van der Waals surface area contributed by atoms with Crippen LogP contribution in [-0.4, -0.2) is 46.0 Å². The molecule has 1 fully saturated rings. The first-order valence-electron chi connectivity index (χ1n) is 10.9. The number of rotatable bonds is 4. The third kappa shape index (κ3) is 2.83. The molecule has 5 heterocycles. The molecule has 0 aromatic carbocycles. The average molecular weight is 413 g/mol. The first kappa shape index (κ1) is 18.2. The Morgan fingerprint density at radius 1 is 1.13 bits per heavy atom. The van der Waals surface area contributed by atoms with Crippen LogP contribution in [-0.2, 0) is 0 Å². The lowest BCUT2D eigenvalue weighted by molar-refractivity contribution is 0.469. The number of H-pyrrole nitrogens is 1. The van der Waals surface area contributed by atoms with E-state index in [4.69, 9.17) is 9.97 Å². The molecule has 31 heavy (non-hydrogen) atoms. The zero-order valence-corrected chi connectivity index (χ0v) is 17.3. The lowest BCUT2D eigenvalue weighted by Crippen LogP contribution is -2.42. The van der Waals surface area contributed by atoms with E-state index in [0.29, 0.717) is 11.9 Å². The second kappa shape index (κ2) is 7.26. The summed E-state index contributed by atoms with van der Waals surface area (Å²) in [5, 5.41) is 16.0. The fraction of sp³-hybridized carbons (Fsp3) is 0.364. The van der Waals surface area contributed by atoms with Gasteiger partial charge < -0.3 is 4.90 Å². The average Bonchev–Trinajstić information content (AvgIpc) is 3.59. The lowest BCUT2D eigenvalue weighted by atomic mass is 10.0. The highest BCUT2D eigenvalue weighted by Gasteiger charge is 2.38. The predicted molar refractivity (Wildman–Crippen MR) is 116 cm³/mol. The standard InChI is InChI=1S/C22H23N9/c1-2-17-22-29-26-13-30(22)18-12-24-20(27-21(18)31(17)14-7-3-4-8-14)15-11-25-28-19(15)16-9-5-6-10-23-16/h5-6,9-14,17H,2-4,7-8H2,1H3,(H,25,28). The van der Waals surface area contributed by atoms with Crippen LogP contribution in [0, 0.1) is 0 Å². The van der Waals surface area contributed by atoms with Crippen molar-refractivity contribution in [1.82, 2.24) is 39.9 Å². The highest BCUT2D eigenvalue weighted by molar-refractivity contribution is 5.76. The number of hydrogen-bond donors (Lipinski definition) is 1. The first-order valence-corrected chi connectivity index (χ1v) is 10.9. The van der Waals surface area contributed by atoms with Gasteiger partial charge in [0.15, 0.2) is 17.5 Å². The summed E-state index contributed by atoms with van der Waals surface area (Å²) in [6.45, 7) is 2.20. The molecule has 1 unspecified atom stereocenters. The van der Waals surface area contributed by atoms with Crippen LogP contribution in [0.5, 0.6) is 0 Å². The zero-order valence-electron chi connectivity index (χ0n) is 17.3. The van der Waals surface area contributed by atoms with E-state index >= 15 is 0 Å². The monoisotopic (exact) mass is 413 g/mol. The molecule has 0 saturated heterocycles. The van der Waals surface area contributed by atoms with E-state index in [-0.39, 0.29) is 6.04 Å². The Morgan fingerprint density at radius 2 is 2.03 bits per heavy atom. The van der Waals surface area contributed by atoms with Gasteiger partial charge in [-0.15, -0.1) is 10.2 Å². The molecular formula is C22H23N9. The number of aromatic amines is 1. The van der Waals surface area contributed by atoms with Crippen LogP contribution in [0.15, 0.2) is 43.1 Å². The maximum Gasteiger partial charge on any atom is 0.165 e. The number of fused-ring (bicyclic) bond motifs is 3. The summed E-state index contributed by atoms with van der Waals surface area (Å²) in [5.74, 6) is 2.56. The van der Waals surface area contributed by atoms with Crippen LogP contribution in [0.4, 0.5) is 5.82 Å². The minimum Gasteiger partial charge on any atom is -0.342 e. The molecule has 1 N–H and O–H groups in total. The molecule has 4 aromatic rings. The maximum atomic E-state index is 5.10. The predicted octanol–water partition coefficient (Wildman–Crippen LogP) is 3.72. The molecule has 9 nitrogen and oxygen atoms in total. The van der Waals surface area contributed by atoms with Crippen molar-refractivity contribution in [2.24, 2.45) is 0 Å². The molecule has 1 aliphatic heterocycles. The summed E-state index contributed by atoms with van der Waals surface area (Å²) < 4.78 is 2.04. The van der Waals surface area contributed by atoms with Crippen molar-refractivity contribution in [3.8, 4) is 28.5 Å². The van der Waals surface area contributed by atoms with Crippen molar-refractivity contribution >= 4 is 5.82 Å². The molecule has 1 aliphatic carbocycles. The van der Waals surface area contributed by atoms with Gasteiger partial charge in [0.1, 0.15) is 12.0 Å². The molecule has 0 radical (unpaired) electrons. The van der Waals surface area contributed by atoms with Gasteiger partial charge in [0, 0.05) is 12.2 Å². The Hall–Kier alpha value is -3.62. The van der Waals surface area contributed by atoms with Crippen molar-refractivity contribution in [1.29, 1.82) is 0 Å². The SMILES string of the molecule is CCC1c2nncn2-c2cnc(-c3cn[nH]c3-c3ccccn3)nc2N1C1CCCC1. The third-order valence-electron chi connectivity index (χ3n) is 6.37. The summed E-state index contributed by atoms with van der Waals surface area (Å²) in [7, 11) is 0. The van der Waals surface area contributed by atoms with Crippen LogP contribution < -0.4 is 4.90 Å². The number of aromatic nitrogens is 8. The van der Waals surface area contributed by atoms with E-state index < -0.39 is 0 Å². The highest BCUT2D eigenvalue weighted by atomic mass is 15.4. The Balaban J connectivity index is 1.51. The van der Waals surface area contributed by atoms with E-state index in [2.05, 4.69) is 37.2 Å². The van der Waals surface area contributed by atoms with Gasteiger partial charge in [0.05, 0.1) is 35.4 Å². The molecule has 4 aromatic heterocycles. The quantitative estimate of drug-likeness (QED) is 0.544. The topological polar surface area (TPSA) is 101 Å². The second-order valence-corrected chi connectivity index (χ2v) is 8.10. The lowest BCUT2D eigenvalue weighted by Gasteiger charge is -2.40. The molecule has 0 spiro atoms. The summed E-state index contributed by atoms with van der Waals surface area (Å²) in [6, 6.07) is 6.42. The third-order valence-corrected chi connectivity index (χ3v) is 6.37.